The molecule has 0 fully saturated rings. The first-order chi connectivity index (χ1) is 10.4. The summed E-state index contributed by atoms with van der Waals surface area (Å²) in [6, 6.07) is 10.1. The Balaban J connectivity index is 2.52. The van der Waals surface area contributed by atoms with E-state index in [1.165, 1.54) is 48.7 Å². The van der Waals surface area contributed by atoms with Crippen LogP contribution in [-0.2, 0) is 14.6 Å². The van der Waals surface area contributed by atoms with Crippen LogP contribution in [-0.4, -0.2) is 30.8 Å². The fraction of sp³-hybridized carbons (Fsp3) is 0. The van der Waals surface area contributed by atoms with Crippen LogP contribution in [0.2, 0.25) is 0 Å². The highest BCUT2D eigenvalue weighted by Gasteiger charge is 2.27. The van der Waals surface area contributed by atoms with Crippen molar-refractivity contribution in [1.82, 2.24) is 4.98 Å². The first-order valence-electron chi connectivity index (χ1n) is 6.11. The maximum Gasteiger partial charge on any atom is 0.347 e. The van der Waals surface area contributed by atoms with E-state index in [0.717, 1.165) is 6.08 Å². The summed E-state index contributed by atoms with van der Waals surface area (Å²) in [5.41, 5.74) is 0.754. The SMILES string of the molecule is O=Cc1ccc(/C=C(\C(=O)O)S(=O)(=O)c2ccccn2)cc1. The quantitative estimate of drug-likeness (QED) is 0.666. The van der Waals surface area contributed by atoms with Gasteiger partial charge in [-0.2, -0.15) is 0 Å². The number of hydrogen-bond donors (Lipinski definition) is 1. The summed E-state index contributed by atoms with van der Waals surface area (Å²) in [5, 5.41) is 8.86. The van der Waals surface area contributed by atoms with Gasteiger partial charge in [-0.25, -0.2) is 18.2 Å². The lowest BCUT2D eigenvalue weighted by molar-refractivity contribution is -0.131. The molecule has 0 saturated heterocycles. The van der Waals surface area contributed by atoms with E-state index in [-0.39, 0.29) is 5.03 Å². The van der Waals surface area contributed by atoms with Crippen LogP contribution in [0, 0.1) is 0 Å². The Kier molecular flexibility index (Phi) is 4.47. The van der Waals surface area contributed by atoms with Crippen LogP contribution in [0.3, 0.4) is 0 Å². The third-order valence-electron chi connectivity index (χ3n) is 2.78. The van der Waals surface area contributed by atoms with Gasteiger partial charge in [0.1, 0.15) is 6.29 Å². The van der Waals surface area contributed by atoms with E-state index in [1.54, 1.807) is 0 Å². The first kappa shape index (κ1) is 15.6. The lowest BCUT2D eigenvalue weighted by Crippen LogP contribution is -2.14. The molecule has 1 N–H and O–H groups in total. The zero-order valence-electron chi connectivity index (χ0n) is 11.2. The standard InChI is InChI=1S/C15H11NO5S/c17-10-12-6-4-11(5-7-12)9-13(15(18)19)22(20,21)14-3-1-2-8-16-14/h1-10H,(H,18,19)/b13-9+. The van der Waals surface area contributed by atoms with Crippen molar-refractivity contribution in [3.63, 3.8) is 0 Å². The number of carbonyl (C=O) groups excluding carboxylic acids is 1. The normalized spacial score (nSPS) is 11.9. The molecular weight excluding hydrogens is 306 g/mol. The van der Waals surface area contributed by atoms with Gasteiger partial charge in [0.15, 0.2) is 9.93 Å². The topological polar surface area (TPSA) is 101 Å². The molecule has 112 valence electrons. The molecule has 0 bridgehead atoms. The Morgan fingerprint density at radius 1 is 1.05 bits per heavy atom. The maximum atomic E-state index is 12.3. The Morgan fingerprint density at radius 2 is 1.68 bits per heavy atom. The smallest absolute Gasteiger partial charge is 0.347 e. The van der Waals surface area contributed by atoms with Gasteiger partial charge in [-0.1, -0.05) is 30.3 Å². The number of pyridine rings is 1. The highest BCUT2D eigenvalue weighted by molar-refractivity contribution is 7.96. The third-order valence-corrected chi connectivity index (χ3v) is 4.45. The van der Waals surface area contributed by atoms with E-state index in [2.05, 4.69) is 4.98 Å². The van der Waals surface area contributed by atoms with E-state index in [1.807, 2.05) is 0 Å². The number of benzene rings is 1. The van der Waals surface area contributed by atoms with E-state index in [4.69, 9.17) is 0 Å². The van der Waals surface area contributed by atoms with Gasteiger partial charge in [0.05, 0.1) is 0 Å². The summed E-state index contributed by atoms with van der Waals surface area (Å²) in [5.74, 6) is -1.58. The number of carboxylic acids is 1. The predicted molar refractivity (Wildman–Crippen MR) is 78.9 cm³/mol. The average molecular weight is 317 g/mol. The largest absolute Gasteiger partial charge is 0.477 e. The van der Waals surface area contributed by atoms with Crippen molar-refractivity contribution in [3.8, 4) is 0 Å². The Labute approximate surface area is 126 Å². The summed E-state index contributed by atoms with van der Waals surface area (Å²) in [6.07, 6.45) is 2.93. The molecule has 0 spiro atoms. The summed E-state index contributed by atoms with van der Waals surface area (Å²) in [6.45, 7) is 0. The molecule has 2 aromatic rings. The molecule has 0 unspecified atom stereocenters. The number of aromatic nitrogens is 1. The van der Waals surface area contributed by atoms with Gasteiger partial charge in [-0.15, -0.1) is 0 Å². The van der Waals surface area contributed by atoms with E-state index in [0.29, 0.717) is 17.4 Å². The maximum absolute atomic E-state index is 12.3. The van der Waals surface area contributed by atoms with E-state index < -0.39 is 20.7 Å². The van der Waals surface area contributed by atoms with Crippen molar-refractivity contribution in [1.29, 1.82) is 0 Å². The molecule has 1 heterocycles. The molecule has 22 heavy (non-hydrogen) atoms. The lowest BCUT2D eigenvalue weighted by atomic mass is 10.1. The van der Waals surface area contributed by atoms with Crippen molar-refractivity contribution in [2.24, 2.45) is 0 Å². The molecule has 0 aliphatic heterocycles. The fourth-order valence-electron chi connectivity index (χ4n) is 1.70. The monoisotopic (exact) mass is 317 g/mol. The predicted octanol–water partition coefficient (Wildman–Crippen LogP) is 1.79. The zero-order valence-corrected chi connectivity index (χ0v) is 12.0. The molecule has 1 aromatic heterocycles. The third kappa shape index (κ3) is 3.26. The number of carboxylic acid groups (broad SMARTS) is 1. The van der Waals surface area contributed by atoms with Crippen molar-refractivity contribution < 1.29 is 23.1 Å². The molecule has 2 rings (SSSR count). The van der Waals surface area contributed by atoms with Gasteiger partial charge in [0.2, 0.25) is 9.84 Å². The van der Waals surface area contributed by atoms with Crippen molar-refractivity contribution in [2.45, 2.75) is 5.03 Å². The van der Waals surface area contributed by atoms with Crippen LogP contribution >= 0.6 is 0 Å². The van der Waals surface area contributed by atoms with Crippen LogP contribution in [0.15, 0.2) is 58.6 Å². The van der Waals surface area contributed by atoms with Gasteiger partial charge in [-0.05, 0) is 23.8 Å². The van der Waals surface area contributed by atoms with E-state index >= 15 is 0 Å². The van der Waals surface area contributed by atoms with Gasteiger partial charge >= 0.3 is 5.97 Å². The van der Waals surface area contributed by atoms with Gasteiger partial charge in [0, 0.05) is 11.8 Å². The fourth-order valence-corrected chi connectivity index (χ4v) is 2.90. The summed E-state index contributed by atoms with van der Waals surface area (Å²) in [7, 11) is -4.23. The van der Waals surface area contributed by atoms with Crippen LogP contribution in [0.25, 0.3) is 6.08 Å². The molecule has 0 atom stereocenters. The Morgan fingerprint density at radius 3 is 2.18 bits per heavy atom. The van der Waals surface area contributed by atoms with E-state index in [9.17, 15) is 23.1 Å². The van der Waals surface area contributed by atoms with Gasteiger partial charge in [0.25, 0.3) is 0 Å². The summed E-state index contributed by atoms with van der Waals surface area (Å²) >= 11 is 0. The first-order valence-corrected chi connectivity index (χ1v) is 7.60. The molecule has 1 aromatic carbocycles. The molecule has 0 aliphatic rings. The van der Waals surface area contributed by atoms with Crippen LogP contribution in [0.1, 0.15) is 15.9 Å². The zero-order chi connectivity index (χ0) is 16.2. The molecule has 0 saturated carbocycles. The second kappa shape index (κ2) is 6.31. The van der Waals surface area contributed by atoms with Gasteiger partial charge < -0.3 is 5.11 Å². The molecular formula is C15H11NO5S. The molecule has 6 nitrogen and oxygen atoms in total. The minimum absolute atomic E-state index is 0.340. The Bertz CT molecular complexity index is 824. The second-order valence-corrected chi connectivity index (χ2v) is 6.13. The van der Waals surface area contributed by atoms with Crippen molar-refractivity contribution in [3.05, 3.63) is 64.7 Å². The lowest BCUT2D eigenvalue weighted by Gasteiger charge is -2.04. The highest BCUT2D eigenvalue weighted by Crippen LogP contribution is 2.20. The highest BCUT2D eigenvalue weighted by atomic mass is 32.2. The number of aliphatic carboxylic acids is 1. The molecule has 7 heteroatoms. The number of aldehydes is 1. The minimum Gasteiger partial charge on any atom is -0.477 e. The Hall–Kier alpha value is -2.80. The van der Waals surface area contributed by atoms with Crippen LogP contribution in [0.5, 0.6) is 0 Å². The summed E-state index contributed by atoms with van der Waals surface area (Å²) < 4.78 is 24.7. The van der Waals surface area contributed by atoms with Crippen molar-refractivity contribution in [2.75, 3.05) is 0 Å². The van der Waals surface area contributed by atoms with Gasteiger partial charge in [-0.3, -0.25) is 4.79 Å². The average Bonchev–Trinajstić information content (AvgIpc) is 2.53. The van der Waals surface area contributed by atoms with Crippen molar-refractivity contribution >= 4 is 28.2 Å². The van der Waals surface area contributed by atoms with Crippen LogP contribution in [0.4, 0.5) is 0 Å². The number of rotatable bonds is 5. The molecule has 0 radical (unpaired) electrons. The number of sulfone groups is 1. The molecule has 0 aliphatic carbocycles. The van der Waals surface area contributed by atoms with Crippen LogP contribution < -0.4 is 0 Å². The second-order valence-electron chi connectivity index (χ2n) is 4.27. The summed E-state index contributed by atoms with van der Waals surface area (Å²) in [4.78, 5) is 24.8. The minimum atomic E-state index is -4.23. The number of hydrogen-bond acceptors (Lipinski definition) is 5. The number of carbonyl (C=O) groups is 2. The molecule has 0 amide bonds. The number of nitrogens with zero attached hydrogens (tertiary/aromatic N) is 1.